The first-order valence-electron chi connectivity index (χ1n) is 6.78. The molecule has 19 heavy (non-hydrogen) atoms. The maximum atomic E-state index is 12.6. The fourth-order valence-corrected chi connectivity index (χ4v) is 7.72. The molecule has 112 valence electrons. The number of rotatable bonds is 4. The molecule has 2 heterocycles. The molecule has 0 bridgehead atoms. The lowest BCUT2D eigenvalue weighted by Gasteiger charge is -2.34. The molecule has 0 amide bonds. The molecule has 2 fully saturated rings. The molecule has 0 radical (unpaired) electrons. The van der Waals surface area contributed by atoms with Gasteiger partial charge in [-0.3, -0.25) is 0 Å². The second-order valence-corrected chi connectivity index (χ2v) is 9.65. The van der Waals surface area contributed by atoms with Gasteiger partial charge in [0.15, 0.2) is 9.84 Å². The van der Waals surface area contributed by atoms with Crippen molar-refractivity contribution >= 4 is 19.9 Å². The van der Waals surface area contributed by atoms with Crippen LogP contribution in [0.1, 0.15) is 26.2 Å². The van der Waals surface area contributed by atoms with Crippen molar-refractivity contribution in [1.82, 2.24) is 9.62 Å². The first-order chi connectivity index (χ1) is 8.87. The summed E-state index contributed by atoms with van der Waals surface area (Å²) in [5.74, 6) is -0.211. The second-order valence-electron chi connectivity index (χ2n) is 5.25. The van der Waals surface area contributed by atoms with E-state index in [4.69, 9.17) is 0 Å². The maximum absolute atomic E-state index is 12.6. The van der Waals surface area contributed by atoms with Crippen LogP contribution < -0.4 is 5.32 Å². The van der Waals surface area contributed by atoms with Crippen LogP contribution in [0.3, 0.4) is 0 Å². The molecular formula is C11H22N2O4S2. The number of hydrogen-bond donors (Lipinski definition) is 1. The molecule has 1 atom stereocenters. The molecule has 1 N–H and O–H groups in total. The lowest BCUT2D eigenvalue weighted by Crippen LogP contribution is -2.49. The molecule has 1 unspecified atom stereocenters. The Labute approximate surface area is 115 Å². The SMILES string of the molecule is CCN(C1CCNCC1)S(=O)(=O)C1CCS(=O)(=O)C1. The molecule has 0 spiro atoms. The Morgan fingerprint density at radius 3 is 2.32 bits per heavy atom. The summed E-state index contributed by atoms with van der Waals surface area (Å²) < 4.78 is 49.7. The van der Waals surface area contributed by atoms with E-state index >= 15 is 0 Å². The fourth-order valence-electron chi connectivity index (χ4n) is 2.93. The van der Waals surface area contributed by atoms with Gasteiger partial charge in [0.05, 0.1) is 16.8 Å². The van der Waals surface area contributed by atoms with Gasteiger partial charge in [0.1, 0.15) is 0 Å². The van der Waals surface area contributed by atoms with Crippen LogP contribution in [0.25, 0.3) is 0 Å². The highest BCUT2D eigenvalue weighted by Gasteiger charge is 2.42. The average Bonchev–Trinajstić information content (AvgIpc) is 2.72. The van der Waals surface area contributed by atoms with Crippen molar-refractivity contribution in [3.8, 4) is 0 Å². The highest BCUT2D eigenvalue weighted by molar-refractivity contribution is 7.95. The third-order valence-corrected chi connectivity index (χ3v) is 8.40. The monoisotopic (exact) mass is 310 g/mol. The zero-order valence-electron chi connectivity index (χ0n) is 11.2. The van der Waals surface area contributed by atoms with Gasteiger partial charge in [-0.25, -0.2) is 16.8 Å². The third kappa shape index (κ3) is 3.29. The Morgan fingerprint density at radius 1 is 1.21 bits per heavy atom. The van der Waals surface area contributed by atoms with Crippen molar-refractivity contribution in [3.05, 3.63) is 0 Å². The Bertz CT molecular complexity index is 509. The molecule has 2 aliphatic rings. The van der Waals surface area contributed by atoms with Crippen molar-refractivity contribution in [3.63, 3.8) is 0 Å². The van der Waals surface area contributed by atoms with Gasteiger partial charge >= 0.3 is 0 Å². The molecule has 0 aromatic carbocycles. The lowest BCUT2D eigenvalue weighted by molar-refractivity contribution is 0.268. The van der Waals surface area contributed by atoms with Gasteiger partial charge in [0.2, 0.25) is 10.0 Å². The van der Waals surface area contributed by atoms with Crippen LogP contribution in [0.15, 0.2) is 0 Å². The first-order valence-corrected chi connectivity index (χ1v) is 10.1. The second kappa shape index (κ2) is 5.67. The lowest BCUT2D eigenvalue weighted by atomic mass is 10.1. The van der Waals surface area contributed by atoms with E-state index in [1.165, 1.54) is 4.31 Å². The smallest absolute Gasteiger partial charge is 0.218 e. The Morgan fingerprint density at radius 2 is 1.84 bits per heavy atom. The van der Waals surface area contributed by atoms with Crippen LogP contribution in [0.4, 0.5) is 0 Å². The number of piperidine rings is 1. The quantitative estimate of drug-likeness (QED) is 0.762. The average molecular weight is 310 g/mol. The van der Waals surface area contributed by atoms with E-state index in [1.54, 1.807) is 0 Å². The molecule has 0 aromatic rings. The van der Waals surface area contributed by atoms with Gasteiger partial charge < -0.3 is 5.32 Å². The highest BCUT2D eigenvalue weighted by atomic mass is 32.2. The zero-order chi connectivity index (χ0) is 14.1. The molecule has 2 saturated heterocycles. The van der Waals surface area contributed by atoms with Crippen LogP contribution in [0.5, 0.6) is 0 Å². The van der Waals surface area contributed by atoms with E-state index in [-0.39, 0.29) is 24.0 Å². The summed E-state index contributed by atoms with van der Waals surface area (Å²) in [5.41, 5.74) is 0. The van der Waals surface area contributed by atoms with Crippen molar-refractivity contribution < 1.29 is 16.8 Å². The predicted molar refractivity (Wildman–Crippen MR) is 74.3 cm³/mol. The maximum Gasteiger partial charge on any atom is 0.218 e. The van der Waals surface area contributed by atoms with E-state index in [1.807, 2.05) is 6.92 Å². The summed E-state index contributed by atoms with van der Waals surface area (Å²) in [6, 6.07) is 0.0135. The van der Waals surface area contributed by atoms with Crippen molar-refractivity contribution in [2.45, 2.75) is 37.5 Å². The van der Waals surface area contributed by atoms with E-state index in [2.05, 4.69) is 5.32 Å². The van der Waals surface area contributed by atoms with Gasteiger partial charge in [-0.2, -0.15) is 4.31 Å². The van der Waals surface area contributed by atoms with Gasteiger partial charge in [0, 0.05) is 12.6 Å². The third-order valence-electron chi connectivity index (χ3n) is 3.97. The summed E-state index contributed by atoms with van der Waals surface area (Å²) >= 11 is 0. The van der Waals surface area contributed by atoms with Gasteiger partial charge in [-0.15, -0.1) is 0 Å². The molecule has 0 aromatic heterocycles. The van der Waals surface area contributed by atoms with Gasteiger partial charge in [-0.1, -0.05) is 6.92 Å². The molecule has 0 saturated carbocycles. The number of sulfone groups is 1. The predicted octanol–water partition coefficient (Wildman–Crippen LogP) is -0.423. The van der Waals surface area contributed by atoms with Crippen LogP contribution in [0.2, 0.25) is 0 Å². The summed E-state index contributed by atoms with van der Waals surface area (Å²) in [5, 5.41) is 2.47. The minimum absolute atomic E-state index is 0.000668. The topological polar surface area (TPSA) is 83.6 Å². The van der Waals surface area contributed by atoms with E-state index < -0.39 is 25.1 Å². The fraction of sp³-hybridized carbons (Fsp3) is 1.00. The minimum Gasteiger partial charge on any atom is -0.317 e. The Kier molecular flexibility index (Phi) is 4.54. The number of hydrogen-bond acceptors (Lipinski definition) is 5. The molecule has 2 rings (SSSR count). The molecule has 0 aliphatic carbocycles. The van der Waals surface area contributed by atoms with Crippen LogP contribution in [0, 0.1) is 0 Å². The van der Waals surface area contributed by atoms with Crippen LogP contribution in [-0.2, 0) is 19.9 Å². The summed E-state index contributed by atoms with van der Waals surface area (Å²) in [7, 11) is -6.66. The van der Waals surface area contributed by atoms with Crippen LogP contribution in [-0.4, -0.2) is 63.6 Å². The Balaban J connectivity index is 2.16. The molecule has 6 nitrogen and oxygen atoms in total. The summed E-state index contributed by atoms with van der Waals surface area (Å²) in [4.78, 5) is 0. The van der Waals surface area contributed by atoms with Crippen molar-refractivity contribution in [1.29, 1.82) is 0 Å². The largest absolute Gasteiger partial charge is 0.317 e. The van der Waals surface area contributed by atoms with E-state index in [9.17, 15) is 16.8 Å². The molecular weight excluding hydrogens is 288 g/mol. The molecule has 8 heteroatoms. The van der Waals surface area contributed by atoms with Crippen LogP contribution >= 0.6 is 0 Å². The normalized spacial score (nSPS) is 28.8. The standard InChI is InChI=1S/C11H22N2O4S2/c1-2-13(10-3-6-12-7-4-10)19(16,17)11-5-8-18(14,15)9-11/h10-12H,2-9H2,1H3. The van der Waals surface area contributed by atoms with Gasteiger partial charge in [0.25, 0.3) is 0 Å². The Hall–Kier alpha value is -0.180. The number of sulfonamides is 1. The van der Waals surface area contributed by atoms with Crippen molar-refractivity contribution in [2.75, 3.05) is 31.1 Å². The zero-order valence-corrected chi connectivity index (χ0v) is 12.8. The van der Waals surface area contributed by atoms with Gasteiger partial charge in [-0.05, 0) is 32.4 Å². The first kappa shape index (κ1) is 15.2. The van der Waals surface area contributed by atoms with Crippen molar-refractivity contribution in [2.24, 2.45) is 0 Å². The number of nitrogens with one attached hydrogen (secondary N) is 1. The summed E-state index contributed by atoms with van der Waals surface area (Å²) in [6.07, 6.45) is 1.84. The highest BCUT2D eigenvalue weighted by Crippen LogP contribution is 2.25. The molecule has 2 aliphatic heterocycles. The van der Waals surface area contributed by atoms with E-state index in [0.29, 0.717) is 6.54 Å². The minimum atomic E-state index is -3.50. The number of nitrogens with zero attached hydrogens (tertiary/aromatic N) is 1. The van der Waals surface area contributed by atoms with E-state index in [0.717, 1.165) is 25.9 Å². The summed E-state index contributed by atoms with van der Waals surface area (Å²) in [6.45, 7) is 3.88.